The number of pyridine rings is 2. The molecule has 38 heteroatoms. The third kappa shape index (κ3) is 27.4. The molecule has 16 rings (SSSR count). The molecule has 10 fully saturated rings. The predicted octanol–water partition coefficient (Wildman–Crippen LogP) is 9.01. The van der Waals surface area contributed by atoms with Crippen LogP contribution < -0.4 is 168 Å². The van der Waals surface area contributed by atoms with E-state index in [0.29, 0.717) is 125 Å². The molecule has 2 unspecified atom stereocenters. The van der Waals surface area contributed by atoms with Gasteiger partial charge in [0.1, 0.15) is 88.0 Å². The normalized spacial score (nSPS) is 26.2. The Morgan fingerprint density at radius 2 is 1.03 bits per heavy atom. The molecule has 0 spiro atoms. The molecule has 6 saturated carbocycles. The van der Waals surface area contributed by atoms with Crippen LogP contribution in [0.25, 0.3) is 44.6 Å². The largest absolute Gasteiger partial charge is 1.00 e. The quantitative estimate of drug-likeness (QED) is 0.00548. The van der Waals surface area contributed by atoms with E-state index in [2.05, 4.69) is 92.1 Å². The molecule has 6 aromatic rings. The number of halogens is 3. The van der Waals surface area contributed by atoms with Crippen molar-refractivity contribution in [2.75, 3.05) is 95.4 Å². The second-order valence-electron chi connectivity index (χ2n) is 42.1. The molecular formula is C100H133BrCl2Cs2N10O23. The molecule has 33 nitrogen and oxygen atoms in total. The van der Waals surface area contributed by atoms with Crippen molar-refractivity contribution in [3.8, 4) is 45.8 Å². The first kappa shape index (κ1) is 113. The summed E-state index contributed by atoms with van der Waals surface area (Å²) in [6.45, 7) is 42.5. The van der Waals surface area contributed by atoms with Crippen LogP contribution in [0.1, 0.15) is 188 Å². The molecule has 0 bridgehead atoms. The third-order valence-corrected chi connectivity index (χ3v) is 29.5. The van der Waals surface area contributed by atoms with Gasteiger partial charge in [-0.15, -0.1) is 13.2 Å². The van der Waals surface area contributed by atoms with Crippen LogP contribution in [0.5, 0.6) is 23.0 Å². The molecule has 16 atom stereocenters. The Hall–Kier alpha value is -5.45. The number of morpholine rings is 2. The monoisotopic (exact) mass is 2260 g/mol. The van der Waals surface area contributed by atoms with Gasteiger partial charge in [0.25, 0.3) is 18.5 Å². The number of fused-ring (bicyclic) bond motifs is 4. The fraction of sp³-hybridized carbons (Fsp3) is 0.630. The zero-order chi connectivity index (χ0) is 98.6. The number of hydrogen-bond acceptors (Lipinski definition) is 30. The number of aromatic nitrogens is 4. The van der Waals surface area contributed by atoms with Crippen molar-refractivity contribution in [1.29, 1.82) is 0 Å². The Kier molecular flexibility index (Phi) is 39.1. The molecule has 138 heavy (non-hydrogen) atoms. The number of phenolic OH excluding ortho intramolecular Hbond substituents is 1. The molecule has 744 valence electrons. The number of alkyl halides is 1. The Bertz CT molecular complexity index is 5380. The number of benzene rings is 2. The van der Waals surface area contributed by atoms with Crippen LogP contribution in [-0.4, -0.2) is 248 Å². The van der Waals surface area contributed by atoms with Crippen LogP contribution >= 0.6 is 39.1 Å². The van der Waals surface area contributed by atoms with Gasteiger partial charge in [-0.3, -0.25) is 53.0 Å². The van der Waals surface area contributed by atoms with E-state index in [4.69, 9.17) is 90.0 Å². The number of aliphatic carboxylic acids is 1. The maximum Gasteiger partial charge on any atom is 1.00 e. The van der Waals surface area contributed by atoms with E-state index in [1.54, 1.807) is 36.4 Å². The number of allylic oxidation sites excluding steroid dienone is 2. The van der Waals surface area contributed by atoms with Gasteiger partial charge in [-0.1, -0.05) is 92.8 Å². The minimum atomic E-state index is -1.28. The summed E-state index contributed by atoms with van der Waals surface area (Å²) in [5, 5.41) is 37.9. The summed E-state index contributed by atoms with van der Waals surface area (Å²) in [4.78, 5) is 149. The number of carbonyl (C=O) groups excluding carboxylic acids is 8. The van der Waals surface area contributed by atoms with Crippen molar-refractivity contribution in [2.24, 2.45) is 69.0 Å². The average molecular weight is 2260 g/mol. The minimum Gasteiger partial charge on any atom is -1.00 e. The van der Waals surface area contributed by atoms with Crippen molar-refractivity contribution in [3.05, 3.63) is 84.3 Å². The maximum absolute atomic E-state index is 14.9. The number of carboxylic acid groups (broad SMARTS) is 1. The van der Waals surface area contributed by atoms with Crippen molar-refractivity contribution in [2.45, 2.75) is 246 Å². The van der Waals surface area contributed by atoms with Gasteiger partial charge in [-0.2, -0.15) is 9.97 Å². The number of ether oxygens (including phenoxy) is 8. The van der Waals surface area contributed by atoms with Crippen LogP contribution in [-0.2, 0) is 71.7 Å². The first-order chi connectivity index (χ1) is 64.3. The van der Waals surface area contributed by atoms with Crippen LogP contribution in [0.3, 0.4) is 0 Å². The number of nitrogens with one attached hydrogen (secondary N) is 2. The molecule has 4 saturated heterocycles. The number of amides is 2. The number of oxazole rings is 2. The number of anilines is 2. The number of carboxylic acids is 1. The number of carbonyl (C=O) groups is 9. The predicted molar refractivity (Wildman–Crippen MR) is 510 cm³/mol. The zero-order valence-electron chi connectivity index (χ0n) is 83.6. The van der Waals surface area contributed by atoms with Crippen molar-refractivity contribution in [1.82, 2.24) is 39.5 Å². The minimum absolute atomic E-state index is 0. The van der Waals surface area contributed by atoms with Gasteiger partial charge < -0.3 is 88.9 Å². The summed E-state index contributed by atoms with van der Waals surface area (Å²) < 4.78 is 59.2. The molecule has 2 amide bonds. The summed E-state index contributed by atoms with van der Waals surface area (Å²) in [6, 6.07) is 8.85. The summed E-state index contributed by atoms with van der Waals surface area (Å²) >= 11 is 17.2. The topological polar surface area (TPSA) is 415 Å². The molecule has 4 aliphatic heterocycles. The molecule has 2 aromatic carbocycles. The smallest absolute Gasteiger partial charge is 1.00 e. The molecule has 4 N–H and O–H groups in total. The van der Waals surface area contributed by atoms with E-state index in [9.17, 15) is 48.6 Å². The molecule has 4 aromatic heterocycles. The van der Waals surface area contributed by atoms with Gasteiger partial charge in [0.2, 0.25) is 11.8 Å². The Balaban J connectivity index is 0.000000246. The van der Waals surface area contributed by atoms with Crippen LogP contribution in [0.15, 0.2) is 83.1 Å². The number of esters is 3. The van der Waals surface area contributed by atoms with Crippen LogP contribution in [0.2, 0.25) is 10.0 Å². The number of phenols is 1. The molecule has 8 heterocycles. The number of rotatable bonds is 35. The van der Waals surface area contributed by atoms with E-state index in [-0.39, 0.29) is 296 Å². The average Bonchev–Trinajstić information content (AvgIpc) is 1.60. The van der Waals surface area contributed by atoms with Gasteiger partial charge in [-0.25, -0.2) is 9.97 Å². The SMILES string of the molecule is C=C[C@@H]1C[C@]1(CC(=O)[C@@H]1C[C@@H](Oc2cc(-c3coc(NC(C)C)n3)nc3c(Cl)c(O)ccc23)CN1C(=O)[C@@H](CC(=O)OC1C[C@@H]2C[C@@H]2C1)C(C)(C)C)C(=O)OC.C=C[C@@H]1C[C@]1(CC(=O)[C@@H]1C[C@@H](Oc2cc(-c3coc(NC(C)C)n3)nc3c(Cl)c(OCCN4CCOCC4(C)C)ccc23)CN1C(=O)[C@@H](CC(=O)OC1C[C@@H]2C[C@@H]2C1)C(C)(C)C)C(=O)O.CC1(C)COCCN1CCBr.O=CO[O-].[Cs+].[Cs+].[H-]. The fourth-order valence-electron chi connectivity index (χ4n) is 20.2. The molecule has 10 aliphatic rings. The van der Waals surface area contributed by atoms with Crippen LogP contribution in [0.4, 0.5) is 12.0 Å². The van der Waals surface area contributed by atoms with Gasteiger partial charge in [0, 0.05) is 103 Å². The van der Waals surface area contributed by atoms with E-state index in [1.165, 1.54) is 48.3 Å². The van der Waals surface area contributed by atoms with Gasteiger partial charge >= 0.3 is 162 Å². The molecular weight excluding hydrogens is 2130 g/mol. The Morgan fingerprint density at radius 3 is 1.42 bits per heavy atom. The third-order valence-electron chi connectivity index (χ3n) is 28.4. The zero-order valence-corrected chi connectivity index (χ0v) is 98.2. The second-order valence-corrected chi connectivity index (χ2v) is 43.6. The first-order valence-electron chi connectivity index (χ1n) is 47.3. The first-order valence-corrected chi connectivity index (χ1v) is 49.2. The van der Waals surface area contributed by atoms with Crippen molar-refractivity contribution < 1.29 is 249 Å². The van der Waals surface area contributed by atoms with E-state index in [1.807, 2.05) is 75.3 Å². The summed E-state index contributed by atoms with van der Waals surface area (Å²) in [7, 11) is 1.30. The van der Waals surface area contributed by atoms with E-state index in [0.717, 1.165) is 63.9 Å². The molecule has 0 radical (unpaired) electrons. The number of likely N-dealkylation sites (tertiary alicyclic amines) is 2. The standard InChI is InChI=1S/C49H64ClN5O10.C42H51ClN4O9.C8H16BrNO.CH2O3.2Cs.H/c1-9-30-22-49(30,45(59)60)23-38(56)37-19-32(24-55(37)44(58)34(47(4,5)6)20-41(57)65-31-17-28-16-29(28)18-31)64-40-21-35(36-25-63-46(53-36)51-27(2)3)52-43-33(40)10-11-39(42(43)50)62-15-13-54-12-14-61-26-48(54,7)8;1-8-24-17-42(24,39(52)53-7)18-33(49)31-14-26(19-47(31)38(51)28(41(4,5)6)15-35(50)56-25-12-22-11-23(22)13-25)55-34-16-29(30-20-54-40(46-30)44-21(2)3)45-37-27(34)9-10-32(48)36(37)43;1-8(2)7-11-6-5-10(8)4-3-9;2-1-4-3;;;/h9-11,21,25,27-32,34,37H,1,12-20,22-24,26H2,2-8H3,(H,51,53)(H,59,60);8-10,16,20-26,28,31,48H,1,11-15,17-19H2,2-7H3,(H,44,46);3-7H2,1-2H3;1,3H;;;/q;;;;2*+1;-1/p-1/t28-,29+,30-,31?,32-,34-,37+,49-;22-,23+,24-,25?,26-,28-,31+,42-;;;;;/m11...../s1. The summed E-state index contributed by atoms with van der Waals surface area (Å²) in [5.41, 5.74) is -1.37. The maximum atomic E-state index is 14.9. The van der Waals surface area contributed by atoms with Gasteiger partial charge in [0.05, 0.1) is 117 Å². The van der Waals surface area contributed by atoms with E-state index < -0.39 is 81.7 Å². The van der Waals surface area contributed by atoms with Gasteiger partial charge in [-0.05, 0) is 177 Å². The number of nitrogens with zero attached hydrogens (tertiary/aromatic N) is 8. The number of hydrogen-bond donors (Lipinski definition) is 4. The number of aromatic hydroxyl groups is 1. The molecule has 6 aliphatic carbocycles. The van der Waals surface area contributed by atoms with E-state index >= 15 is 0 Å². The van der Waals surface area contributed by atoms with Crippen molar-refractivity contribution >= 4 is 127 Å². The van der Waals surface area contributed by atoms with Crippen molar-refractivity contribution in [3.63, 3.8) is 0 Å². The number of methoxy groups -OCH3 is 1. The summed E-state index contributed by atoms with van der Waals surface area (Å²) in [6.07, 6.45) is 10.5. The Labute approximate surface area is 944 Å². The fourth-order valence-corrected chi connectivity index (χ4v) is 21.1. The number of ketones is 2. The Morgan fingerprint density at radius 1 is 0.609 bits per heavy atom. The number of Topliss-reactive ketones (excluding diaryl/α,β-unsaturated/α-hetero) is 2. The second kappa shape index (κ2) is 47.8. The van der Waals surface area contributed by atoms with Gasteiger partial charge in [0.15, 0.2) is 11.6 Å². The summed E-state index contributed by atoms with van der Waals surface area (Å²) in [5.74, 6) is -2.58. The van der Waals surface area contributed by atoms with Crippen LogP contribution in [0, 0.1) is 69.0 Å².